The largest absolute Gasteiger partial charge is 0.480 e. The first-order valence-electron chi connectivity index (χ1n) is 5.38. The predicted molar refractivity (Wildman–Crippen MR) is 66.6 cm³/mol. The molecule has 0 bridgehead atoms. The quantitative estimate of drug-likeness (QED) is 0.870. The fourth-order valence-corrected chi connectivity index (χ4v) is 1.84. The lowest BCUT2D eigenvalue weighted by Crippen LogP contribution is -2.44. The molecule has 0 fully saturated rings. The highest BCUT2D eigenvalue weighted by Gasteiger charge is 2.24. The summed E-state index contributed by atoms with van der Waals surface area (Å²) in [5, 5.41) is 13.7. The number of aromatic nitrogens is 1. The SMILES string of the molecule is CC(C)(C)OC(=O)N[C@H](Cc1nccs1)C(=O)O. The number of alkyl carbamates (subject to hydrolysis) is 1. The topological polar surface area (TPSA) is 88.5 Å². The van der Waals surface area contributed by atoms with E-state index in [-0.39, 0.29) is 6.42 Å². The van der Waals surface area contributed by atoms with Crippen molar-refractivity contribution in [2.45, 2.75) is 38.8 Å². The van der Waals surface area contributed by atoms with Crippen molar-refractivity contribution >= 4 is 23.4 Å². The van der Waals surface area contributed by atoms with Crippen LogP contribution in [-0.2, 0) is 16.0 Å². The van der Waals surface area contributed by atoms with E-state index in [4.69, 9.17) is 9.84 Å². The van der Waals surface area contributed by atoms with Gasteiger partial charge in [-0.2, -0.15) is 0 Å². The highest BCUT2D eigenvalue weighted by molar-refractivity contribution is 7.09. The number of carboxylic acids is 1. The molecular formula is C11H16N2O4S. The monoisotopic (exact) mass is 272 g/mol. The fourth-order valence-electron chi connectivity index (χ4n) is 1.18. The first-order chi connectivity index (χ1) is 8.28. The lowest BCUT2D eigenvalue weighted by Gasteiger charge is -2.21. The van der Waals surface area contributed by atoms with E-state index in [1.165, 1.54) is 11.3 Å². The number of aliphatic carboxylic acids is 1. The minimum absolute atomic E-state index is 0.145. The zero-order valence-electron chi connectivity index (χ0n) is 10.5. The Morgan fingerprint density at radius 3 is 2.67 bits per heavy atom. The Labute approximate surface area is 109 Å². The van der Waals surface area contributed by atoms with Gasteiger partial charge in [-0.05, 0) is 20.8 Å². The summed E-state index contributed by atoms with van der Waals surface area (Å²) < 4.78 is 5.01. The van der Waals surface area contributed by atoms with Gasteiger partial charge in [0.05, 0.1) is 5.01 Å². The molecule has 0 unspecified atom stereocenters. The molecule has 1 aromatic rings. The van der Waals surface area contributed by atoms with Crippen LogP contribution in [0.5, 0.6) is 0 Å². The van der Waals surface area contributed by atoms with Crippen LogP contribution in [-0.4, -0.2) is 33.8 Å². The molecule has 18 heavy (non-hydrogen) atoms. The maximum Gasteiger partial charge on any atom is 0.408 e. The Hall–Kier alpha value is -1.63. The zero-order chi connectivity index (χ0) is 13.8. The van der Waals surface area contributed by atoms with Gasteiger partial charge in [0.1, 0.15) is 11.6 Å². The number of carbonyl (C=O) groups is 2. The molecule has 1 aromatic heterocycles. The molecule has 0 aliphatic carbocycles. The highest BCUT2D eigenvalue weighted by atomic mass is 32.1. The third kappa shape index (κ3) is 5.13. The van der Waals surface area contributed by atoms with Gasteiger partial charge in [0, 0.05) is 18.0 Å². The molecular weight excluding hydrogens is 256 g/mol. The van der Waals surface area contributed by atoms with Crippen molar-refractivity contribution in [3.05, 3.63) is 16.6 Å². The molecule has 0 spiro atoms. The summed E-state index contributed by atoms with van der Waals surface area (Å²) in [6.07, 6.45) is 0.991. The molecule has 1 atom stereocenters. The van der Waals surface area contributed by atoms with Crippen molar-refractivity contribution in [2.75, 3.05) is 0 Å². The van der Waals surface area contributed by atoms with E-state index >= 15 is 0 Å². The number of amides is 1. The molecule has 0 radical (unpaired) electrons. The van der Waals surface area contributed by atoms with Crippen LogP contribution in [0, 0.1) is 0 Å². The number of nitrogens with zero attached hydrogens (tertiary/aromatic N) is 1. The van der Waals surface area contributed by atoms with Crippen LogP contribution in [0.4, 0.5) is 4.79 Å². The molecule has 0 saturated heterocycles. The standard InChI is InChI=1S/C11H16N2O4S/c1-11(2,3)17-10(16)13-7(9(14)15)6-8-12-4-5-18-8/h4-5,7H,6H2,1-3H3,(H,13,16)(H,14,15)/t7-/m1/s1. The second-order valence-corrected chi connectivity index (χ2v) is 5.65. The van der Waals surface area contributed by atoms with Crippen LogP contribution in [0.15, 0.2) is 11.6 Å². The lowest BCUT2D eigenvalue weighted by atomic mass is 10.2. The molecule has 0 saturated carbocycles. The average molecular weight is 272 g/mol. The van der Waals surface area contributed by atoms with Crippen molar-refractivity contribution in [1.29, 1.82) is 0 Å². The predicted octanol–water partition coefficient (Wildman–Crippen LogP) is 1.66. The summed E-state index contributed by atoms with van der Waals surface area (Å²) >= 11 is 1.34. The average Bonchev–Trinajstić information content (AvgIpc) is 2.66. The second kappa shape index (κ2) is 5.81. The van der Waals surface area contributed by atoms with E-state index in [9.17, 15) is 9.59 Å². The Morgan fingerprint density at radius 2 is 2.22 bits per heavy atom. The molecule has 1 amide bonds. The summed E-state index contributed by atoms with van der Waals surface area (Å²) in [4.78, 5) is 26.5. The van der Waals surface area contributed by atoms with Gasteiger partial charge < -0.3 is 15.2 Å². The lowest BCUT2D eigenvalue weighted by molar-refractivity contribution is -0.139. The van der Waals surface area contributed by atoms with E-state index in [1.54, 1.807) is 32.3 Å². The third-order valence-corrected chi connectivity index (χ3v) is 2.65. The molecule has 1 rings (SSSR count). The number of ether oxygens (including phenoxy) is 1. The van der Waals surface area contributed by atoms with E-state index < -0.39 is 23.7 Å². The van der Waals surface area contributed by atoms with Crippen molar-refractivity contribution in [3.8, 4) is 0 Å². The van der Waals surface area contributed by atoms with Gasteiger partial charge >= 0.3 is 12.1 Å². The molecule has 0 aliphatic rings. The van der Waals surface area contributed by atoms with Gasteiger partial charge in [-0.25, -0.2) is 14.6 Å². The fraction of sp³-hybridized carbons (Fsp3) is 0.545. The summed E-state index contributed by atoms with van der Waals surface area (Å²) in [5.74, 6) is -1.11. The molecule has 6 nitrogen and oxygen atoms in total. The number of carboxylic acid groups (broad SMARTS) is 1. The summed E-state index contributed by atoms with van der Waals surface area (Å²) in [5.41, 5.74) is -0.658. The van der Waals surface area contributed by atoms with E-state index in [2.05, 4.69) is 10.3 Å². The molecule has 100 valence electrons. The van der Waals surface area contributed by atoms with Gasteiger partial charge in [-0.15, -0.1) is 11.3 Å². The number of hydrogen-bond acceptors (Lipinski definition) is 5. The van der Waals surface area contributed by atoms with Crippen molar-refractivity contribution in [2.24, 2.45) is 0 Å². The van der Waals surface area contributed by atoms with Crippen LogP contribution >= 0.6 is 11.3 Å². The van der Waals surface area contributed by atoms with Crippen molar-refractivity contribution in [1.82, 2.24) is 10.3 Å². The number of thiazole rings is 1. The zero-order valence-corrected chi connectivity index (χ0v) is 11.3. The molecule has 0 aliphatic heterocycles. The van der Waals surface area contributed by atoms with Crippen LogP contribution < -0.4 is 5.32 Å². The first kappa shape index (κ1) is 14.4. The van der Waals surface area contributed by atoms with Crippen LogP contribution in [0.25, 0.3) is 0 Å². The number of nitrogens with one attached hydrogen (secondary N) is 1. The van der Waals surface area contributed by atoms with Gasteiger partial charge in [0.25, 0.3) is 0 Å². The number of hydrogen-bond donors (Lipinski definition) is 2. The normalized spacial score (nSPS) is 12.8. The van der Waals surface area contributed by atoms with Crippen molar-refractivity contribution in [3.63, 3.8) is 0 Å². The smallest absolute Gasteiger partial charge is 0.408 e. The third-order valence-electron chi connectivity index (χ3n) is 1.85. The van der Waals surface area contributed by atoms with Gasteiger partial charge in [0.15, 0.2) is 0 Å². The number of carbonyl (C=O) groups excluding carboxylic acids is 1. The maximum absolute atomic E-state index is 11.5. The second-order valence-electron chi connectivity index (χ2n) is 4.67. The Balaban J connectivity index is 2.58. The summed E-state index contributed by atoms with van der Waals surface area (Å²) in [6, 6.07) is -1.04. The molecule has 2 N–H and O–H groups in total. The van der Waals surface area contributed by atoms with E-state index in [0.29, 0.717) is 5.01 Å². The number of rotatable bonds is 4. The van der Waals surface area contributed by atoms with Crippen LogP contribution in [0.3, 0.4) is 0 Å². The van der Waals surface area contributed by atoms with Crippen LogP contribution in [0.2, 0.25) is 0 Å². The highest BCUT2D eigenvalue weighted by Crippen LogP contribution is 2.10. The van der Waals surface area contributed by atoms with Gasteiger partial charge in [0.2, 0.25) is 0 Å². The van der Waals surface area contributed by atoms with Gasteiger partial charge in [-0.3, -0.25) is 0 Å². The molecule has 0 aromatic carbocycles. The molecule has 7 heteroatoms. The van der Waals surface area contributed by atoms with Gasteiger partial charge in [-0.1, -0.05) is 0 Å². The first-order valence-corrected chi connectivity index (χ1v) is 6.26. The summed E-state index contributed by atoms with van der Waals surface area (Å²) in [6.45, 7) is 5.13. The Kier molecular flexibility index (Phi) is 4.66. The van der Waals surface area contributed by atoms with Crippen LogP contribution in [0.1, 0.15) is 25.8 Å². The van der Waals surface area contributed by atoms with Crippen molar-refractivity contribution < 1.29 is 19.4 Å². The Morgan fingerprint density at radius 1 is 1.56 bits per heavy atom. The minimum atomic E-state index is -1.11. The Bertz CT molecular complexity index is 411. The maximum atomic E-state index is 11.5. The van der Waals surface area contributed by atoms with E-state index in [1.807, 2.05) is 0 Å². The molecule has 1 heterocycles. The minimum Gasteiger partial charge on any atom is -0.480 e. The summed E-state index contributed by atoms with van der Waals surface area (Å²) in [7, 11) is 0. The van der Waals surface area contributed by atoms with E-state index in [0.717, 1.165) is 0 Å².